The van der Waals surface area contributed by atoms with Gasteiger partial charge in [-0.1, -0.05) is 200 Å². The van der Waals surface area contributed by atoms with Crippen LogP contribution in [-0.4, -0.2) is 4.57 Å². The first-order chi connectivity index (χ1) is 33.2. The predicted octanol–water partition coefficient (Wildman–Crippen LogP) is 18.3. The summed E-state index contributed by atoms with van der Waals surface area (Å²) >= 11 is 1.85. The van der Waals surface area contributed by atoms with Gasteiger partial charge in [-0.15, -0.1) is 11.3 Å². The zero-order valence-corrected chi connectivity index (χ0v) is 37.5. The standard InChI is InChI=1S/C64H44N2S/c1-6-18-45(19-7-1)47-30-36-53(37-31-47)65(54-38-32-48(33-39-54)46-20-8-2-9-21-46)55-40-34-49(35-41-55)60-42-43-61(67-60)58-44-59-62(50-22-10-3-11-23-50)63(51-24-12-4-13-25-51)66(52-26-14-5-15-27-52)64(59)57-29-17-16-28-56(57)58/h1-44H. The summed E-state index contributed by atoms with van der Waals surface area (Å²) in [4.78, 5) is 4.82. The highest BCUT2D eigenvalue weighted by molar-refractivity contribution is 7.19. The van der Waals surface area contributed by atoms with E-state index >= 15 is 0 Å². The van der Waals surface area contributed by atoms with Crippen LogP contribution in [0.5, 0.6) is 0 Å². The number of benzene rings is 10. The molecule has 0 saturated heterocycles. The van der Waals surface area contributed by atoms with Gasteiger partial charge in [-0.2, -0.15) is 0 Å². The Morgan fingerprint density at radius 2 is 0.701 bits per heavy atom. The summed E-state index contributed by atoms with van der Waals surface area (Å²) in [6.45, 7) is 0. The fraction of sp³-hybridized carbons (Fsp3) is 0. The summed E-state index contributed by atoms with van der Waals surface area (Å²) < 4.78 is 2.49. The Hall–Kier alpha value is -8.50. The van der Waals surface area contributed by atoms with Crippen molar-refractivity contribution in [1.82, 2.24) is 4.57 Å². The SMILES string of the molecule is c1ccc(-c2ccc(N(c3ccc(-c4ccccc4)cc3)c3ccc(-c4ccc(-c5cc6c(-c7ccccc7)c(-c7ccccc7)n(-c7ccccc7)c6c6ccccc56)s4)cc3)cc2)cc1. The third-order valence-electron chi connectivity index (χ3n) is 12.8. The molecule has 12 aromatic rings. The number of fused-ring (bicyclic) bond motifs is 3. The summed E-state index contributed by atoms with van der Waals surface area (Å²) in [7, 11) is 0. The molecule has 0 N–H and O–H groups in total. The normalized spacial score (nSPS) is 11.3. The Balaban J connectivity index is 0.961. The number of hydrogen-bond acceptors (Lipinski definition) is 2. The number of para-hydroxylation sites is 1. The molecule has 0 aliphatic heterocycles. The van der Waals surface area contributed by atoms with Crippen molar-refractivity contribution < 1.29 is 0 Å². The number of hydrogen-bond donors (Lipinski definition) is 0. The largest absolute Gasteiger partial charge is 0.311 e. The molecular weight excluding hydrogens is 829 g/mol. The van der Waals surface area contributed by atoms with Crippen LogP contribution in [-0.2, 0) is 0 Å². The number of anilines is 3. The van der Waals surface area contributed by atoms with E-state index in [0.29, 0.717) is 0 Å². The van der Waals surface area contributed by atoms with Crippen molar-refractivity contribution in [3.8, 4) is 71.2 Å². The van der Waals surface area contributed by atoms with Gasteiger partial charge in [-0.05, 0) is 111 Å². The Morgan fingerprint density at radius 1 is 0.299 bits per heavy atom. The summed E-state index contributed by atoms with van der Waals surface area (Å²) in [5.74, 6) is 0. The second-order valence-electron chi connectivity index (χ2n) is 16.9. The van der Waals surface area contributed by atoms with Crippen molar-refractivity contribution >= 4 is 50.1 Å². The fourth-order valence-corrected chi connectivity index (χ4v) is 10.7. The number of thiophene rings is 1. The van der Waals surface area contributed by atoms with Crippen molar-refractivity contribution in [2.24, 2.45) is 0 Å². The van der Waals surface area contributed by atoms with Crippen molar-refractivity contribution in [3.63, 3.8) is 0 Å². The van der Waals surface area contributed by atoms with Crippen LogP contribution in [0.4, 0.5) is 17.1 Å². The van der Waals surface area contributed by atoms with Crippen molar-refractivity contribution in [2.45, 2.75) is 0 Å². The molecule has 0 spiro atoms. The first-order valence-corrected chi connectivity index (χ1v) is 23.6. The van der Waals surface area contributed by atoms with E-state index in [9.17, 15) is 0 Å². The third-order valence-corrected chi connectivity index (χ3v) is 14.0. The van der Waals surface area contributed by atoms with Gasteiger partial charge in [0.2, 0.25) is 0 Å². The van der Waals surface area contributed by atoms with Gasteiger partial charge in [0.15, 0.2) is 0 Å². The van der Waals surface area contributed by atoms with Gasteiger partial charge >= 0.3 is 0 Å². The molecule has 0 amide bonds. The smallest absolute Gasteiger partial charge is 0.0620 e. The van der Waals surface area contributed by atoms with Gasteiger partial charge in [0.1, 0.15) is 0 Å². The maximum Gasteiger partial charge on any atom is 0.0620 e. The monoisotopic (exact) mass is 872 g/mol. The molecule has 0 radical (unpaired) electrons. The van der Waals surface area contributed by atoms with Crippen LogP contribution in [0.25, 0.3) is 92.9 Å². The minimum atomic E-state index is 1.10. The molecule has 0 bridgehead atoms. The van der Waals surface area contributed by atoms with E-state index in [1.165, 1.54) is 87.2 Å². The second kappa shape index (κ2) is 17.5. The Labute approximate surface area is 395 Å². The molecule has 2 nitrogen and oxygen atoms in total. The van der Waals surface area contributed by atoms with Crippen LogP contribution in [0.15, 0.2) is 267 Å². The molecule has 12 rings (SSSR count). The predicted molar refractivity (Wildman–Crippen MR) is 286 cm³/mol. The van der Waals surface area contributed by atoms with E-state index in [0.717, 1.165) is 22.7 Å². The molecule has 0 aliphatic rings. The van der Waals surface area contributed by atoms with Gasteiger partial charge in [-0.25, -0.2) is 0 Å². The Morgan fingerprint density at radius 3 is 1.22 bits per heavy atom. The van der Waals surface area contributed by atoms with Crippen molar-refractivity contribution in [2.75, 3.05) is 4.90 Å². The van der Waals surface area contributed by atoms with Crippen LogP contribution >= 0.6 is 11.3 Å². The number of aromatic nitrogens is 1. The lowest BCUT2D eigenvalue weighted by molar-refractivity contribution is 1.14. The van der Waals surface area contributed by atoms with E-state index in [-0.39, 0.29) is 0 Å². The van der Waals surface area contributed by atoms with E-state index in [2.05, 4.69) is 276 Å². The molecule has 0 aliphatic carbocycles. The minimum Gasteiger partial charge on any atom is -0.311 e. The molecule has 2 heterocycles. The van der Waals surface area contributed by atoms with Gasteiger partial charge in [-0.3, -0.25) is 0 Å². The van der Waals surface area contributed by atoms with Crippen molar-refractivity contribution in [3.05, 3.63) is 267 Å². The summed E-state index contributed by atoms with van der Waals surface area (Å²) in [6, 6.07) is 96.6. The number of nitrogens with zero attached hydrogens (tertiary/aromatic N) is 2. The van der Waals surface area contributed by atoms with Crippen molar-refractivity contribution in [1.29, 1.82) is 0 Å². The lowest BCUT2D eigenvalue weighted by Crippen LogP contribution is -2.09. The van der Waals surface area contributed by atoms with Gasteiger partial charge in [0, 0.05) is 54.4 Å². The highest BCUT2D eigenvalue weighted by Gasteiger charge is 2.25. The van der Waals surface area contributed by atoms with Gasteiger partial charge < -0.3 is 9.47 Å². The summed E-state index contributed by atoms with van der Waals surface area (Å²) in [6.07, 6.45) is 0. The van der Waals surface area contributed by atoms with Gasteiger partial charge in [0.25, 0.3) is 0 Å². The molecule has 2 aromatic heterocycles. The topological polar surface area (TPSA) is 8.17 Å². The molecule has 3 heteroatoms. The highest BCUT2D eigenvalue weighted by atomic mass is 32.1. The molecule has 0 atom stereocenters. The molecular formula is C64H44N2S. The van der Waals surface area contributed by atoms with E-state index in [1.807, 2.05) is 11.3 Å². The maximum absolute atomic E-state index is 2.49. The van der Waals surface area contributed by atoms with Crippen LogP contribution in [0.2, 0.25) is 0 Å². The molecule has 316 valence electrons. The van der Waals surface area contributed by atoms with Crippen LogP contribution in [0.1, 0.15) is 0 Å². The Kier molecular flexibility index (Phi) is 10.4. The molecule has 0 saturated carbocycles. The highest BCUT2D eigenvalue weighted by Crippen LogP contribution is 2.49. The second-order valence-corrected chi connectivity index (χ2v) is 17.9. The van der Waals surface area contributed by atoms with Crippen LogP contribution in [0.3, 0.4) is 0 Å². The third kappa shape index (κ3) is 7.52. The van der Waals surface area contributed by atoms with Crippen LogP contribution in [0, 0.1) is 0 Å². The average Bonchev–Trinajstić information content (AvgIpc) is 4.05. The van der Waals surface area contributed by atoms with E-state index in [4.69, 9.17) is 0 Å². The zero-order chi connectivity index (χ0) is 44.5. The van der Waals surface area contributed by atoms with Gasteiger partial charge in [0.05, 0.1) is 11.2 Å². The molecule has 0 unspecified atom stereocenters. The average molecular weight is 873 g/mol. The maximum atomic E-state index is 2.49. The zero-order valence-electron chi connectivity index (χ0n) is 36.7. The minimum absolute atomic E-state index is 1.10. The fourth-order valence-electron chi connectivity index (χ4n) is 9.68. The quantitative estimate of drug-likeness (QED) is 0.133. The molecule has 67 heavy (non-hydrogen) atoms. The summed E-state index contributed by atoms with van der Waals surface area (Å²) in [5, 5.41) is 3.70. The van der Waals surface area contributed by atoms with Crippen LogP contribution < -0.4 is 4.90 Å². The Bertz CT molecular complexity index is 3530. The van der Waals surface area contributed by atoms with E-state index < -0.39 is 0 Å². The lowest BCUT2D eigenvalue weighted by Gasteiger charge is -2.26. The lowest BCUT2D eigenvalue weighted by atomic mass is 9.94. The first kappa shape index (κ1) is 40.0. The molecule has 10 aromatic carbocycles. The number of rotatable bonds is 10. The van der Waals surface area contributed by atoms with E-state index in [1.54, 1.807) is 0 Å². The molecule has 0 fully saturated rings. The first-order valence-electron chi connectivity index (χ1n) is 22.8. The summed E-state index contributed by atoms with van der Waals surface area (Å²) in [5.41, 5.74) is 17.7.